The molecule has 0 radical (unpaired) electrons. The normalized spacial score (nSPS) is 16.6. The number of carbonyl (C=O) groups excluding carboxylic acids is 2. The van der Waals surface area contributed by atoms with E-state index in [4.69, 9.17) is 9.47 Å². The highest BCUT2D eigenvalue weighted by Crippen LogP contribution is 2.25. The van der Waals surface area contributed by atoms with Crippen LogP contribution in [0.5, 0.6) is 5.75 Å². The van der Waals surface area contributed by atoms with Crippen LogP contribution >= 0.6 is 0 Å². The largest absolute Gasteiger partial charge is 0.497 e. The zero-order chi connectivity index (χ0) is 24.7. The fourth-order valence-electron chi connectivity index (χ4n) is 3.85. The summed E-state index contributed by atoms with van der Waals surface area (Å²) in [6.07, 6.45) is 2.00. The Labute approximate surface area is 201 Å². The topological polar surface area (TPSA) is 93.2 Å². The van der Waals surface area contributed by atoms with E-state index in [2.05, 4.69) is 6.92 Å². The minimum Gasteiger partial charge on any atom is -0.497 e. The number of carbonyl (C=O) groups is 2. The number of hydrogen-bond acceptors (Lipinski definition) is 6. The van der Waals surface area contributed by atoms with Gasteiger partial charge in [0.15, 0.2) is 6.61 Å². The first-order valence-corrected chi connectivity index (χ1v) is 12.8. The molecular weight excluding hydrogens is 456 g/mol. The van der Waals surface area contributed by atoms with Crippen molar-refractivity contribution < 1.29 is 27.5 Å². The van der Waals surface area contributed by atoms with Crippen LogP contribution in [-0.2, 0) is 37.3 Å². The van der Waals surface area contributed by atoms with Crippen LogP contribution in [0.15, 0.2) is 53.4 Å². The molecule has 0 bridgehead atoms. The van der Waals surface area contributed by atoms with Crippen molar-refractivity contribution >= 4 is 21.9 Å². The Kier molecular flexibility index (Phi) is 8.68. The Morgan fingerprint density at radius 3 is 2.32 bits per heavy atom. The molecule has 9 heteroatoms. The van der Waals surface area contributed by atoms with Gasteiger partial charge in [-0.05, 0) is 54.7 Å². The van der Waals surface area contributed by atoms with Gasteiger partial charge in [-0.25, -0.2) is 8.42 Å². The molecule has 1 unspecified atom stereocenters. The van der Waals surface area contributed by atoms with Gasteiger partial charge in [0.25, 0.3) is 5.91 Å². The van der Waals surface area contributed by atoms with Gasteiger partial charge in [0.2, 0.25) is 10.0 Å². The summed E-state index contributed by atoms with van der Waals surface area (Å²) in [4.78, 5) is 26.7. The number of nitrogens with zero attached hydrogens (tertiary/aromatic N) is 2. The molecule has 0 spiro atoms. The van der Waals surface area contributed by atoms with E-state index in [1.54, 1.807) is 19.2 Å². The van der Waals surface area contributed by atoms with E-state index in [9.17, 15) is 18.0 Å². The van der Waals surface area contributed by atoms with Crippen molar-refractivity contribution in [3.8, 4) is 5.75 Å². The molecular formula is C25H32N2O6S. The monoisotopic (exact) mass is 488 g/mol. The SMILES string of the molecule is CCc1ccc(CN(C)C(=O)COC(=O)C2CCCN(S(=O)(=O)c3ccc(OC)cc3)C2)cc1. The summed E-state index contributed by atoms with van der Waals surface area (Å²) in [5.41, 5.74) is 2.22. The van der Waals surface area contributed by atoms with Crippen LogP contribution in [0.25, 0.3) is 0 Å². The molecule has 8 nitrogen and oxygen atoms in total. The van der Waals surface area contributed by atoms with Gasteiger partial charge in [0, 0.05) is 26.7 Å². The number of sulfonamides is 1. The molecule has 0 saturated carbocycles. The highest BCUT2D eigenvalue weighted by Gasteiger charge is 2.34. The number of aryl methyl sites for hydroxylation is 1. The molecule has 34 heavy (non-hydrogen) atoms. The maximum Gasteiger partial charge on any atom is 0.310 e. The highest BCUT2D eigenvalue weighted by molar-refractivity contribution is 7.89. The van der Waals surface area contributed by atoms with Gasteiger partial charge in [-0.15, -0.1) is 0 Å². The van der Waals surface area contributed by atoms with Crippen LogP contribution in [0.4, 0.5) is 0 Å². The molecule has 1 aliphatic heterocycles. The van der Waals surface area contributed by atoms with Crippen molar-refractivity contribution in [2.45, 2.75) is 37.6 Å². The molecule has 1 saturated heterocycles. The molecule has 1 atom stereocenters. The average molecular weight is 489 g/mol. The van der Waals surface area contributed by atoms with Crippen molar-refractivity contribution in [3.05, 3.63) is 59.7 Å². The van der Waals surface area contributed by atoms with E-state index in [1.807, 2.05) is 24.3 Å². The average Bonchev–Trinajstić information content (AvgIpc) is 2.87. The Hall–Kier alpha value is -2.91. The number of piperidine rings is 1. The van der Waals surface area contributed by atoms with Crippen LogP contribution in [0, 0.1) is 5.92 Å². The fraction of sp³-hybridized carbons (Fsp3) is 0.440. The quantitative estimate of drug-likeness (QED) is 0.504. The molecule has 184 valence electrons. The van der Waals surface area contributed by atoms with Gasteiger partial charge >= 0.3 is 5.97 Å². The number of likely N-dealkylation sites (N-methyl/N-ethyl adjacent to an activating group) is 1. The molecule has 1 fully saturated rings. The highest BCUT2D eigenvalue weighted by atomic mass is 32.2. The summed E-state index contributed by atoms with van der Waals surface area (Å²) in [5, 5.41) is 0. The molecule has 0 aromatic heterocycles. The number of rotatable bonds is 9. The fourth-order valence-corrected chi connectivity index (χ4v) is 5.38. The smallest absolute Gasteiger partial charge is 0.310 e. The van der Waals surface area contributed by atoms with E-state index in [0.717, 1.165) is 12.0 Å². The minimum absolute atomic E-state index is 0.0288. The summed E-state index contributed by atoms with van der Waals surface area (Å²) in [6.45, 7) is 2.48. The molecule has 1 heterocycles. The Morgan fingerprint density at radius 1 is 1.06 bits per heavy atom. The van der Waals surface area contributed by atoms with Gasteiger partial charge in [-0.1, -0.05) is 31.2 Å². The molecule has 3 rings (SSSR count). The van der Waals surface area contributed by atoms with Gasteiger partial charge in [0.05, 0.1) is 17.9 Å². The van der Waals surface area contributed by atoms with Crippen LogP contribution in [-0.4, -0.2) is 63.4 Å². The lowest BCUT2D eigenvalue weighted by Crippen LogP contribution is -2.43. The summed E-state index contributed by atoms with van der Waals surface area (Å²) < 4.78 is 37.6. The standard InChI is InChI=1S/C25H32N2O6S/c1-4-19-7-9-20(10-8-19)16-26(2)24(28)18-33-25(29)21-6-5-15-27(17-21)34(30,31)23-13-11-22(32-3)12-14-23/h7-14,21H,4-6,15-18H2,1-3H3. The van der Waals surface area contributed by atoms with Crippen LogP contribution in [0.3, 0.4) is 0 Å². The minimum atomic E-state index is -3.74. The number of hydrogen-bond donors (Lipinski definition) is 0. The zero-order valence-corrected chi connectivity index (χ0v) is 20.7. The third-order valence-electron chi connectivity index (χ3n) is 6.03. The van der Waals surface area contributed by atoms with Gasteiger partial charge in [-0.3, -0.25) is 9.59 Å². The lowest BCUT2D eigenvalue weighted by molar-refractivity contribution is -0.156. The van der Waals surface area contributed by atoms with Crippen molar-refractivity contribution in [1.82, 2.24) is 9.21 Å². The second kappa shape index (κ2) is 11.5. The van der Waals surface area contributed by atoms with Crippen LogP contribution < -0.4 is 4.74 Å². The summed E-state index contributed by atoms with van der Waals surface area (Å²) >= 11 is 0. The Balaban J connectivity index is 1.53. The molecule has 2 aromatic rings. The Morgan fingerprint density at radius 2 is 1.71 bits per heavy atom. The summed E-state index contributed by atoms with van der Waals surface area (Å²) in [7, 11) is -0.572. The lowest BCUT2D eigenvalue weighted by Gasteiger charge is -2.30. The number of methoxy groups -OCH3 is 1. The third-order valence-corrected chi connectivity index (χ3v) is 7.91. The second-order valence-electron chi connectivity index (χ2n) is 8.41. The summed E-state index contributed by atoms with van der Waals surface area (Å²) in [5.74, 6) is -0.914. The molecule has 1 amide bonds. The number of ether oxygens (including phenoxy) is 2. The van der Waals surface area contributed by atoms with Crippen molar-refractivity contribution in [2.75, 3.05) is 33.9 Å². The van der Waals surface area contributed by atoms with Crippen LogP contribution in [0.1, 0.15) is 30.9 Å². The molecule has 1 aliphatic rings. The first-order valence-electron chi connectivity index (χ1n) is 11.4. The Bertz CT molecular complexity index is 1080. The molecule has 2 aromatic carbocycles. The number of esters is 1. The van der Waals surface area contributed by atoms with Crippen LogP contribution in [0.2, 0.25) is 0 Å². The zero-order valence-electron chi connectivity index (χ0n) is 19.9. The molecule has 0 aliphatic carbocycles. The maximum absolute atomic E-state index is 13.0. The predicted molar refractivity (Wildman–Crippen MR) is 128 cm³/mol. The third kappa shape index (κ3) is 6.36. The second-order valence-corrected chi connectivity index (χ2v) is 10.3. The first-order chi connectivity index (χ1) is 16.2. The first kappa shape index (κ1) is 25.7. The van der Waals surface area contributed by atoms with E-state index >= 15 is 0 Å². The molecule has 0 N–H and O–H groups in total. The van der Waals surface area contributed by atoms with Crippen molar-refractivity contribution in [1.29, 1.82) is 0 Å². The summed E-state index contributed by atoms with van der Waals surface area (Å²) in [6, 6.07) is 14.2. The van der Waals surface area contributed by atoms with Gasteiger partial charge < -0.3 is 14.4 Å². The number of benzene rings is 2. The predicted octanol–water partition coefficient (Wildman–Crippen LogP) is 2.86. The lowest BCUT2D eigenvalue weighted by atomic mass is 10.00. The van der Waals surface area contributed by atoms with E-state index in [-0.39, 0.29) is 24.0 Å². The van der Waals surface area contributed by atoms with Gasteiger partial charge in [0.1, 0.15) is 5.75 Å². The number of amides is 1. The van der Waals surface area contributed by atoms with E-state index in [1.165, 1.54) is 34.0 Å². The van der Waals surface area contributed by atoms with E-state index in [0.29, 0.717) is 31.7 Å². The van der Waals surface area contributed by atoms with Crippen molar-refractivity contribution in [3.63, 3.8) is 0 Å². The van der Waals surface area contributed by atoms with Crippen molar-refractivity contribution in [2.24, 2.45) is 5.92 Å². The van der Waals surface area contributed by atoms with Gasteiger partial charge in [-0.2, -0.15) is 4.31 Å². The van der Waals surface area contributed by atoms with E-state index < -0.39 is 21.9 Å². The maximum atomic E-state index is 13.0.